The van der Waals surface area contributed by atoms with Gasteiger partial charge in [-0.15, -0.1) is 0 Å². The molecule has 0 radical (unpaired) electrons. The Morgan fingerprint density at radius 2 is 2.11 bits per heavy atom. The molecule has 1 atom stereocenters. The van der Waals surface area contributed by atoms with E-state index in [1.807, 2.05) is 0 Å². The van der Waals surface area contributed by atoms with Crippen LogP contribution in [0.4, 0.5) is 0 Å². The summed E-state index contributed by atoms with van der Waals surface area (Å²) in [5.41, 5.74) is 0.954. The lowest BCUT2D eigenvalue weighted by Crippen LogP contribution is -2.29. The highest BCUT2D eigenvalue weighted by Gasteiger charge is 2.36. The zero-order valence-corrected chi connectivity index (χ0v) is 9.61. The lowest BCUT2D eigenvalue weighted by atomic mass is 10.1. The largest absolute Gasteiger partial charge is 0.371 e. The van der Waals surface area contributed by atoms with E-state index in [0.717, 1.165) is 5.06 Å². The minimum Gasteiger partial charge on any atom is -0.371 e. The number of benzene rings is 1. The van der Waals surface area contributed by atoms with E-state index in [1.165, 1.54) is 0 Å². The number of aliphatic hydroxyl groups is 1. The van der Waals surface area contributed by atoms with E-state index in [0.29, 0.717) is 17.4 Å². The van der Waals surface area contributed by atoms with Crippen LogP contribution >= 0.6 is 0 Å². The minimum atomic E-state index is -1.10. The molecule has 1 aliphatic heterocycles. The van der Waals surface area contributed by atoms with Gasteiger partial charge in [0.05, 0.1) is 13.2 Å². The Hall–Kier alpha value is -1.76. The van der Waals surface area contributed by atoms with E-state index >= 15 is 0 Å². The number of hydroxylamine groups is 2. The van der Waals surface area contributed by atoms with Gasteiger partial charge in [0.1, 0.15) is 12.9 Å². The maximum Gasteiger partial charge on any atom is 0.280 e. The number of aliphatic hydroxyl groups excluding tert-OH is 1. The number of hydrogen-bond donors (Lipinski definition) is 1. The summed E-state index contributed by atoms with van der Waals surface area (Å²) in [5.74, 6) is -0.381. The third kappa shape index (κ3) is 2.40. The van der Waals surface area contributed by atoms with Gasteiger partial charge in [0.25, 0.3) is 5.91 Å². The van der Waals surface area contributed by atoms with Crippen molar-refractivity contribution in [3.8, 4) is 0 Å². The Morgan fingerprint density at radius 1 is 1.33 bits per heavy atom. The summed E-state index contributed by atoms with van der Waals surface area (Å²) in [6, 6.07) is 6.77. The van der Waals surface area contributed by atoms with Crippen molar-refractivity contribution in [2.24, 2.45) is 0 Å². The molecule has 0 spiro atoms. The van der Waals surface area contributed by atoms with Crippen LogP contribution in [0.5, 0.6) is 0 Å². The number of rotatable bonds is 6. The van der Waals surface area contributed by atoms with Gasteiger partial charge in [-0.25, -0.2) is 0 Å². The summed E-state index contributed by atoms with van der Waals surface area (Å²) in [6.07, 6.45) is -0.467. The first-order chi connectivity index (χ1) is 8.75. The quantitative estimate of drug-likeness (QED) is 0.580. The topological polar surface area (TPSA) is 76.1 Å². The normalized spacial score (nSPS) is 17.9. The molecular formula is C12H13NO5. The fraction of sp³-hybridized carbons (Fsp3) is 0.333. The van der Waals surface area contributed by atoms with Gasteiger partial charge in [0.2, 0.25) is 0 Å². The Labute approximate surface area is 104 Å². The van der Waals surface area contributed by atoms with Crippen LogP contribution in [0.3, 0.4) is 0 Å². The standard InChI is InChI=1S/C12H13NO5/c14-5-6-17-7-8-18-13-11(15)9-3-1-2-4-10(9)12(13)16/h1-5,11,15H,6-8H2. The van der Waals surface area contributed by atoms with E-state index in [-0.39, 0.29) is 25.7 Å². The van der Waals surface area contributed by atoms with Crippen LogP contribution in [0.25, 0.3) is 0 Å². The molecule has 1 aromatic carbocycles. The first kappa shape index (κ1) is 12.7. The van der Waals surface area contributed by atoms with E-state index in [1.54, 1.807) is 24.3 Å². The second kappa shape index (κ2) is 5.72. The van der Waals surface area contributed by atoms with E-state index in [4.69, 9.17) is 9.57 Å². The molecule has 0 aromatic heterocycles. The number of aldehydes is 1. The molecule has 6 nitrogen and oxygen atoms in total. The van der Waals surface area contributed by atoms with Gasteiger partial charge in [-0.05, 0) is 6.07 Å². The van der Waals surface area contributed by atoms with Crippen LogP contribution in [0, 0.1) is 0 Å². The number of carbonyl (C=O) groups is 2. The summed E-state index contributed by atoms with van der Waals surface area (Å²) in [5, 5.41) is 10.8. The van der Waals surface area contributed by atoms with Crippen molar-refractivity contribution in [2.45, 2.75) is 6.23 Å². The molecule has 0 saturated heterocycles. The highest BCUT2D eigenvalue weighted by Crippen LogP contribution is 2.31. The first-order valence-corrected chi connectivity index (χ1v) is 5.50. The van der Waals surface area contributed by atoms with E-state index in [9.17, 15) is 14.7 Å². The Morgan fingerprint density at radius 3 is 2.83 bits per heavy atom. The van der Waals surface area contributed by atoms with Gasteiger partial charge >= 0.3 is 0 Å². The molecule has 0 bridgehead atoms. The first-order valence-electron chi connectivity index (χ1n) is 5.50. The summed E-state index contributed by atoms with van der Waals surface area (Å²) in [4.78, 5) is 27.0. The SMILES string of the molecule is O=CCOCCON1C(=O)c2ccccc2C1O. The molecule has 0 fully saturated rings. The number of fused-ring (bicyclic) bond motifs is 1. The van der Waals surface area contributed by atoms with Gasteiger partial charge in [0, 0.05) is 11.1 Å². The van der Waals surface area contributed by atoms with Crippen molar-refractivity contribution < 1.29 is 24.3 Å². The number of amides is 1. The Bertz CT molecular complexity index is 448. The van der Waals surface area contributed by atoms with Crippen LogP contribution in [-0.2, 0) is 14.4 Å². The van der Waals surface area contributed by atoms with Gasteiger partial charge in [-0.3, -0.25) is 9.63 Å². The number of ether oxygens (including phenoxy) is 1. The molecule has 1 heterocycles. The molecule has 6 heteroatoms. The van der Waals surface area contributed by atoms with Crippen molar-refractivity contribution in [3.05, 3.63) is 35.4 Å². The molecule has 1 unspecified atom stereocenters. The van der Waals surface area contributed by atoms with Crippen molar-refractivity contribution in [3.63, 3.8) is 0 Å². The van der Waals surface area contributed by atoms with Crippen molar-refractivity contribution in [1.82, 2.24) is 5.06 Å². The average molecular weight is 251 g/mol. The van der Waals surface area contributed by atoms with Crippen LogP contribution < -0.4 is 0 Å². The highest BCUT2D eigenvalue weighted by atomic mass is 16.7. The lowest BCUT2D eigenvalue weighted by molar-refractivity contribution is -0.204. The summed E-state index contributed by atoms with van der Waals surface area (Å²) < 4.78 is 4.88. The number of carbonyl (C=O) groups excluding carboxylic acids is 2. The van der Waals surface area contributed by atoms with E-state index in [2.05, 4.69) is 0 Å². The maximum absolute atomic E-state index is 11.9. The van der Waals surface area contributed by atoms with E-state index < -0.39 is 6.23 Å². The van der Waals surface area contributed by atoms with Crippen LogP contribution in [0.1, 0.15) is 22.1 Å². The Kier molecular flexibility index (Phi) is 4.03. The third-order valence-electron chi connectivity index (χ3n) is 2.54. The lowest BCUT2D eigenvalue weighted by Gasteiger charge is -2.19. The smallest absolute Gasteiger partial charge is 0.280 e. The fourth-order valence-electron chi connectivity index (χ4n) is 1.73. The zero-order valence-electron chi connectivity index (χ0n) is 9.61. The van der Waals surface area contributed by atoms with Crippen LogP contribution in [0.2, 0.25) is 0 Å². The number of hydrogen-bond acceptors (Lipinski definition) is 5. The monoisotopic (exact) mass is 251 g/mol. The second-order valence-electron chi connectivity index (χ2n) is 3.67. The van der Waals surface area contributed by atoms with Gasteiger partial charge < -0.3 is 14.6 Å². The summed E-state index contributed by atoms with van der Waals surface area (Å²) in [7, 11) is 0. The van der Waals surface area contributed by atoms with Gasteiger partial charge in [-0.2, -0.15) is 5.06 Å². The minimum absolute atomic E-state index is 0.0138. The second-order valence-corrected chi connectivity index (χ2v) is 3.67. The summed E-state index contributed by atoms with van der Waals surface area (Å²) in [6.45, 7) is 0.246. The van der Waals surface area contributed by atoms with Crippen molar-refractivity contribution in [2.75, 3.05) is 19.8 Å². The maximum atomic E-state index is 11.9. The predicted molar refractivity (Wildman–Crippen MR) is 60.4 cm³/mol. The fourth-order valence-corrected chi connectivity index (χ4v) is 1.73. The molecule has 1 aromatic rings. The van der Waals surface area contributed by atoms with Crippen LogP contribution in [-0.4, -0.2) is 42.2 Å². The molecule has 0 saturated carbocycles. The van der Waals surface area contributed by atoms with Crippen LogP contribution in [0.15, 0.2) is 24.3 Å². The Balaban J connectivity index is 1.92. The summed E-state index contributed by atoms with van der Waals surface area (Å²) >= 11 is 0. The zero-order chi connectivity index (χ0) is 13.0. The molecule has 1 aliphatic rings. The molecule has 2 rings (SSSR count). The molecule has 96 valence electrons. The molecular weight excluding hydrogens is 238 g/mol. The van der Waals surface area contributed by atoms with Crippen molar-refractivity contribution in [1.29, 1.82) is 0 Å². The molecule has 1 amide bonds. The molecule has 0 aliphatic carbocycles. The van der Waals surface area contributed by atoms with Crippen molar-refractivity contribution >= 4 is 12.2 Å². The third-order valence-corrected chi connectivity index (χ3v) is 2.54. The van der Waals surface area contributed by atoms with Gasteiger partial charge in [0.15, 0.2) is 6.23 Å². The van der Waals surface area contributed by atoms with Gasteiger partial charge in [-0.1, -0.05) is 18.2 Å². The number of nitrogens with zero attached hydrogens (tertiary/aromatic N) is 1. The highest BCUT2D eigenvalue weighted by molar-refractivity contribution is 5.98. The molecule has 18 heavy (non-hydrogen) atoms. The average Bonchev–Trinajstić information content (AvgIpc) is 2.64. The molecule has 1 N–H and O–H groups in total. The predicted octanol–water partition coefficient (Wildman–Crippen LogP) is 0.280.